The normalized spacial score (nSPS) is 45.8. The number of hydrogen-bond donors (Lipinski definition) is 0. The van der Waals surface area contributed by atoms with E-state index in [4.69, 9.17) is 14.1 Å². The summed E-state index contributed by atoms with van der Waals surface area (Å²) in [7, 11) is 1.69. The number of nitrogens with zero attached hydrogens (tertiary/aromatic N) is 2. The van der Waals surface area contributed by atoms with Crippen LogP contribution < -0.4 is 0 Å². The molecule has 0 spiro atoms. The van der Waals surface area contributed by atoms with Crippen LogP contribution >= 0.6 is 0 Å². The highest BCUT2D eigenvalue weighted by Crippen LogP contribution is 2.68. The smallest absolute Gasteiger partial charge is 0.184 e. The minimum atomic E-state index is -1.68. The zero-order chi connectivity index (χ0) is 23.3. The minimum absolute atomic E-state index is 0.262. The summed E-state index contributed by atoms with van der Waals surface area (Å²) in [5.74, 6) is 3.41. The maximum atomic E-state index is 7.11. The van der Waals surface area contributed by atoms with Crippen molar-refractivity contribution < 1.29 is 14.1 Å². The molecule has 0 unspecified atom stereocenters. The first kappa shape index (κ1) is 24.2. The molecule has 32 heavy (non-hydrogen) atoms. The van der Waals surface area contributed by atoms with Crippen molar-refractivity contribution in [1.82, 2.24) is 0 Å². The molecule has 0 bridgehead atoms. The summed E-state index contributed by atoms with van der Waals surface area (Å²) in [4.78, 5) is 10.4. The molecule has 0 amide bonds. The van der Waals surface area contributed by atoms with Crippen molar-refractivity contribution in [1.29, 1.82) is 0 Å². The Balaban J connectivity index is 1.70. The average Bonchev–Trinajstić information content (AvgIpc) is 3.04. The molecule has 4 aliphatic carbocycles. The Morgan fingerprint density at radius 2 is 1.75 bits per heavy atom. The molecule has 0 aromatic heterocycles. The van der Waals surface area contributed by atoms with E-state index in [9.17, 15) is 0 Å². The molecule has 0 N–H and O–H groups in total. The van der Waals surface area contributed by atoms with Crippen LogP contribution in [0.2, 0.25) is 19.6 Å². The number of rotatable bonds is 5. The Morgan fingerprint density at radius 3 is 2.41 bits per heavy atom. The molecule has 0 aromatic rings. The summed E-state index contributed by atoms with van der Waals surface area (Å²) < 4.78 is 7.11. The largest absolute Gasteiger partial charge is 0.414 e. The quantitative estimate of drug-likeness (QED) is 0.266. The molecule has 0 radical (unpaired) electrons. The molecule has 4 saturated carbocycles. The third kappa shape index (κ3) is 4.08. The molecular formula is C26H46N2O3Si. The third-order valence-corrected chi connectivity index (χ3v) is 10.9. The minimum Gasteiger partial charge on any atom is -0.414 e. The fourth-order valence-corrected chi connectivity index (χ4v) is 9.96. The van der Waals surface area contributed by atoms with Gasteiger partial charge in [0.25, 0.3) is 0 Å². The van der Waals surface area contributed by atoms with Gasteiger partial charge in [-0.1, -0.05) is 24.2 Å². The fourth-order valence-electron chi connectivity index (χ4n) is 8.82. The number of fused-ring (bicyclic) bond motifs is 5. The summed E-state index contributed by atoms with van der Waals surface area (Å²) in [6, 6.07) is 0. The SMILES string of the molecule is CON=C1CC[C@@]2(C)[C@H](CC[C@@H]3[C@@H]2[C@@H](O[Si](C)(C)C)C[C@]2(C)[C@@H](C(C)=NOC)CC[C@@H]32)C1. The van der Waals surface area contributed by atoms with Crippen LogP contribution in [0.1, 0.15) is 72.1 Å². The summed E-state index contributed by atoms with van der Waals surface area (Å²) >= 11 is 0. The second-order valence-electron chi connectivity index (χ2n) is 12.6. The topological polar surface area (TPSA) is 52.4 Å². The predicted molar refractivity (Wildman–Crippen MR) is 133 cm³/mol. The van der Waals surface area contributed by atoms with E-state index in [1.54, 1.807) is 14.2 Å². The first-order valence-electron chi connectivity index (χ1n) is 12.9. The molecule has 4 fully saturated rings. The molecule has 0 aliphatic heterocycles. The Morgan fingerprint density at radius 1 is 1.00 bits per heavy atom. The van der Waals surface area contributed by atoms with E-state index in [-0.39, 0.29) is 5.41 Å². The van der Waals surface area contributed by atoms with Crippen molar-refractivity contribution in [3.8, 4) is 0 Å². The zero-order valence-electron chi connectivity index (χ0n) is 21.7. The van der Waals surface area contributed by atoms with Gasteiger partial charge in [-0.15, -0.1) is 0 Å². The summed E-state index contributed by atoms with van der Waals surface area (Å²) in [5, 5.41) is 8.78. The number of oxime groups is 2. The van der Waals surface area contributed by atoms with Crippen LogP contribution in [-0.2, 0) is 14.1 Å². The molecule has 0 saturated heterocycles. The molecule has 4 rings (SSSR count). The van der Waals surface area contributed by atoms with Gasteiger partial charge in [0.15, 0.2) is 8.32 Å². The van der Waals surface area contributed by atoms with E-state index >= 15 is 0 Å². The predicted octanol–water partition coefficient (Wildman–Crippen LogP) is 6.50. The van der Waals surface area contributed by atoms with Crippen molar-refractivity contribution in [2.45, 2.75) is 97.9 Å². The van der Waals surface area contributed by atoms with Crippen LogP contribution in [0.4, 0.5) is 0 Å². The lowest BCUT2D eigenvalue weighted by molar-refractivity contribution is -0.153. The van der Waals surface area contributed by atoms with Crippen LogP contribution in [0.3, 0.4) is 0 Å². The highest BCUT2D eigenvalue weighted by Gasteiger charge is 2.64. The second kappa shape index (κ2) is 8.72. The monoisotopic (exact) mass is 462 g/mol. The molecule has 8 atom stereocenters. The Hall–Kier alpha value is -0.883. The van der Waals surface area contributed by atoms with Gasteiger partial charge < -0.3 is 14.1 Å². The third-order valence-electron chi connectivity index (χ3n) is 9.87. The van der Waals surface area contributed by atoms with E-state index < -0.39 is 8.32 Å². The van der Waals surface area contributed by atoms with Gasteiger partial charge in [-0.3, -0.25) is 0 Å². The van der Waals surface area contributed by atoms with E-state index in [2.05, 4.69) is 50.7 Å². The molecular weight excluding hydrogens is 416 g/mol. The summed E-state index contributed by atoms with van der Waals surface area (Å²) in [5.41, 5.74) is 3.05. The van der Waals surface area contributed by atoms with E-state index in [0.29, 0.717) is 29.3 Å². The van der Waals surface area contributed by atoms with Gasteiger partial charge in [0, 0.05) is 12.0 Å². The van der Waals surface area contributed by atoms with Crippen molar-refractivity contribution in [3.63, 3.8) is 0 Å². The Labute approximate surface area is 196 Å². The standard InChI is InChI=1S/C26H46N2O3Si/c1-17(27-29-4)21-11-12-22-20-10-9-18-15-19(28-30-5)13-14-25(18,2)24(20)23(16-26(21,22)3)31-32(6,7)8/h18,20-24H,9-16H2,1-8H3/t18-,20+,21-,22+,23+,24-,25+,26-/m1/s1. The van der Waals surface area contributed by atoms with Gasteiger partial charge >= 0.3 is 0 Å². The first-order chi connectivity index (χ1) is 15.0. The first-order valence-corrected chi connectivity index (χ1v) is 16.3. The molecule has 5 nitrogen and oxygen atoms in total. The van der Waals surface area contributed by atoms with Crippen LogP contribution in [-0.4, -0.2) is 40.1 Å². The molecule has 0 aromatic carbocycles. The lowest BCUT2D eigenvalue weighted by Gasteiger charge is -2.63. The lowest BCUT2D eigenvalue weighted by atomic mass is 9.44. The van der Waals surface area contributed by atoms with Crippen LogP contribution in [0.15, 0.2) is 10.3 Å². The maximum absolute atomic E-state index is 7.11. The summed E-state index contributed by atoms with van der Waals surface area (Å²) in [6.45, 7) is 14.4. The Bertz CT molecular complexity index is 763. The van der Waals surface area contributed by atoms with Gasteiger partial charge in [0.1, 0.15) is 14.2 Å². The van der Waals surface area contributed by atoms with E-state index in [1.807, 2.05) is 0 Å². The fraction of sp³-hybridized carbons (Fsp3) is 0.923. The van der Waals surface area contributed by atoms with Gasteiger partial charge in [0.05, 0.1) is 11.4 Å². The van der Waals surface area contributed by atoms with Crippen LogP contribution in [0.25, 0.3) is 0 Å². The number of hydrogen-bond acceptors (Lipinski definition) is 5. The molecule has 182 valence electrons. The molecule has 0 heterocycles. The zero-order valence-corrected chi connectivity index (χ0v) is 22.7. The van der Waals surface area contributed by atoms with Crippen LogP contribution in [0.5, 0.6) is 0 Å². The summed E-state index contributed by atoms with van der Waals surface area (Å²) in [6.07, 6.45) is 10.2. The maximum Gasteiger partial charge on any atom is 0.184 e. The van der Waals surface area contributed by atoms with Gasteiger partial charge in [0.2, 0.25) is 0 Å². The van der Waals surface area contributed by atoms with Crippen molar-refractivity contribution in [3.05, 3.63) is 0 Å². The van der Waals surface area contributed by atoms with Gasteiger partial charge in [-0.05, 0) is 112 Å². The van der Waals surface area contributed by atoms with E-state index in [0.717, 1.165) is 24.7 Å². The van der Waals surface area contributed by atoms with Crippen LogP contribution in [0, 0.1) is 40.4 Å². The highest BCUT2D eigenvalue weighted by molar-refractivity contribution is 6.69. The molecule has 4 aliphatic rings. The van der Waals surface area contributed by atoms with Crippen molar-refractivity contribution in [2.75, 3.05) is 14.2 Å². The molecule has 6 heteroatoms. The van der Waals surface area contributed by atoms with E-state index in [1.165, 1.54) is 49.9 Å². The Kier molecular flexibility index (Phi) is 6.61. The second-order valence-corrected chi connectivity index (χ2v) is 17.1. The van der Waals surface area contributed by atoms with Crippen molar-refractivity contribution in [2.24, 2.45) is 50.7 Å². The van der Waals surface area contributed by atoms with Crippen molar-refractivity contribution >= 4 is 19.7 Å². The van der Waals surface area contributed by atoms with Gasteiger partial charge in [-0.2, -0.15) is 0 Å². The highest BCUT2D eigenvalue weighted by atomic mass is 28.4. The average molecular weight is 463 g/mol. The van der Waals surface area contributed by atoms with Gasteiger partial charge in [-0.25, -0.2) is 0 Å². The lowest BCUT2D eigenvalue weighted by Crippen LogP contribution is -2.61.